The van der Waals surface area contributed by atoms with Crippen LogP contribution in [0.4, 0.5) is 4.39 Å². The van der Waals surface area contributed by atoms with Crippen molar-refractivity contribution in [1.29, 1.82) is 0 Å². The zero-order valence-electron chi connectivity index (χ0n) is 14.3. The average Bonchev–Trinajstić information content (AvgIpc) is 2.57. The van der Waals surface area contributed by atoms with Crippen LogP contribution in [-0.2, 0) is 13.1 Å². The topological polar surface area (TPSA) is 48.4 Å². The zero-order chi connectivity index (χ0) is 16.1. The lowest BCUT2D eigenvalue weighted by Gasteiger charge is -2.36. The number of likely N-dealkylation sites (tertiary alicyclic amines) is 1. The third-order valence-electron chi connectivity index (χ3n) is 4.28. The van der Waals surface area contributed by atoms with Crippen molar-refractivity contribution in [2.45, 2.75) is 31.7 Å². The summed E-state index contributed by atoms with van der Waals surface area (Å²) in [7, 11) is 0. The number of hydrogen-bond acceptors (Lipinski definition) is 4. The van der Waals surface area contributed by atoms with Crippen LogP contribution in [0.2, 0.25) is 0 Å². The Morgan fingerprint density at radius 3 is 2.46 bits per heavy atom. The number of benzene rings is 1. The number of aliphatic hydroxyl groups is 1. The van der Waals surface area contributed by atoms with Gasteiger partial charge in [0.05, 0.1) is 6.10 Å². The molecule has 0 aliphatic carbocycles. The van der Waals surface area contributed by atoms with Crippen LogP contribution in [0.15, 0.2) is 48.8 Å². The first-order chi connectivity index (χ1) is 11.2. The maximum Gasteiger partial charge on any atom is 0.123 e. The highest BCUT2D eigenvalue weighted by molar-refractivity contribution is 5.86. The van der Waals surface area contributed by atoms with E-state index in [1.165, 1.54) is 12.1 Å². The lowest BCUT2D eigenvalue weighted by Crippen LogP contribution is -2.52. The first-order valence-corrected chi connectivity index (χ1v) is 7.98. The summed E-state index contributed by atoms with van der Waals surface area (Å²) in [6, 6.07) is 10.6. The number of β-amino-alcohol motifs (C(OH)–C–C–N with tert-alkyl or cyclic N) is 1. The molecule has 1 aliphatic rings. The van der Waals surface area contributed by atoms with E-state index in [1.807, 2.05) is 18.3 Å². The summed E-state index contributed by atoms with van der Waals surface area (Å²) in [5.41, 5.74) is 2.19. The summed E-state index contributed by atoms with van der Waals surface area (Å²) in [6.45, 7) is 3.00. The van der Waals surface area contributed by atoms with Crippen molar-refractivity contribution >= 4 is 37.2 Å². The quantitative estimate of drug-likeness (QED) is 0.774. The molecule has 1 aromatic heterocycles. The molecule has 1 saturated heterocycles. The Hall–Kier alpha value is -0.950. The maximum atomic E-state index is 12.9. The van der Waals surface area contributed by atoms with Gasteiger partial charge in [0.1, 0.15) is 5.82 Å². The van der Waals surface area contributed by atoms with Crippen molar-refractivity contribution in [3.8, 4) is 0 Å². The van der Waals surface area contributed by atoms with Crippen LogP contribution in [0.5, 0.6) is 0 Å². The number of nitrogens with zero attached hydrogens (tertiary/aromatic N) is 2. The minimum absolute atomic E-state index is 0. The van der Waals surface area contributed by atoms with Crippen molar-refractivity contribution in [1.82, 2.24) is 15.2 Å². The number of rotatable bonds is 5. The van der Waals surface area contributed by atoms with E-state index < -0.39 is 6.10 Å². The molecule has 0 saturated carbocycles. The van der Waals surface area contributed by atoms with Crippen molar-refractivity contribution in [3.63, 3.8) is 0 Å². The van der Waals surface area contributed by atoms with Crippen LogP contribution in [0.25, 0.3) is 0 Å². The molecule has 0 spiro atoms. The second kappa shape index (κ2) is 12.4. The molecule has 3 rings (SSSR count). The first-order valence-electron chi connectivity index (χ1n) is 7.98. The molecule has 0 bridgehead atoms. The van der Waals surface area contributed by atoms with Crippen molar-refractivity contribution in [3.05, 3.63) is 65.7 Å². The Morgan fingerprint density at radius 2 is 1.85 bits per heavy atom. The monoisotopic (exact) mass is 423 g/mol. The van der Waals surface area contributed by atoms with Crippen LogP contribution in [0.1, 0.15) is 17.5 Å². The fourth-order valence-corrected chi connectivity index (χ4v) is 2.98. The smallest absolute Gasteiger partial charge is 0.123 e. The highest BCUT2D eigenvalue weighted by Gasteiger charge is 2.27. The van der Waals surface area contributed by atoms with Crippen molar-refractivity contribution in [2.75, 3.05) is 13.1 Å². The third kappa shape index (κ3) is 7.35. The second-order valence-corrected chi connectivity index (χ2v) is 6.07. The SMILES string of the molecule is Cl.Cl.Cl.O[C@@H]1CN(Cc2ccc(F)cc2)CC[C@H]1NCc1cccnc1. The number of nitrogens with one attached hydrogen (secondary N) is 1. The van der Waals surface area contributed by atoms with E-state index >= 15 is 0 Å². The third-order valence-corrected chi connectivity index (χ3v) is 4.28. The number of hydrogen-bond donors (Lipinski definition) is 2. The summed E-state index contributed by atoms with van der Waals surface area (Å²) >= 11 is 0. The van der Waals surface area contributed by atoms with E-state index in [9.17, 15) is 9.50 Å². The van der Waals surface area contributed by atoms with Gasteiger partial charge in [0, 0.05) is 44.6 Å². The maximum absolute atomic E-state index is 12.9. The summed E-state index contributed by atoms with van der Waals surface area (Å²) in [5, 5.41) is 13.8. The zero-order valence-corrected chi connectivity index (χ0v) is 16.7. The van der Waals surface area contributed by atoms with Gasteiger partial charge in [-0.15, -0.1) is 37.2 Å². The van der Waals surface area contributed by atoms with Gasteiger partial charge in [-0.25, -0.2) is 4.39 Å². The molecular weight excluding hydrogens is 400 g/mol. The van der Waals surface area contributed by atoms with E-state index in [0.29, 0.717) is 13.1 Å². The average molecular weight is 425 g/mol. The molecule has 2 atom stereocenters. The number of aliphatic hydroxyl groups excluding tert-OH is 1. The Kier molecular flexibility index (Phi) is 12.0. The summed E-state index contributed by atoms with van der Waals surface area (Å²) in [6.07, 6.45) is 4.08. The molecule has 0 radical (unpaired) electrons. The van der Waals surface area contributed by atoms with Gasteiger partial charge >= 0.3 is 0 Å². The molecular formula is C18H25Cl3FN3O. The largest absolute Gasteiger partial charge is 0.390 e. The highest BCUT2D eigenvalue weighted by atomic mass is 35.5. The number of pyridine rings is 1. The molecule has 2 heterocycles. The van der Waals surface area contributed by atoms with Gasteiger partial charge in [-0.05, 0) is 35.7 Å². The molecule has 146 valence electrons. The van der Waals surface area contributed by atoms with E-state index in [-0.39, 0.29) is 49.1 Å². The fraction of sp³-hybridized carbons (Fsp3) is 0.389. The van der Waals surface area contributed by atoms with Gasteiger partial charge in [0.25, 0.3) is 0 Å². The molecule has 2 N–H and O–H groups in total. The van der Waals surface area contributed by atoms with E-state index in [1.54, 1.807) is 18.3 Å². The van der Waals surface area contributed by atoms with Crippen molar-refractivity contribution in [2.24, 2.45) is 0 Å². The second-order valence-electron chi connectivity index (χ2n) is 6.07. The summed E-state index contributed by atoms with van der Waals surface area (Å²) in [5.74, 6) is -0.216. The van der Waals surface area contributed by atoms with Crippen LogP contribution in [0.3, 0.4) is 0 Å². The Morgan fingerprint density at radius 1 is 1.12 bits per heavy atom. The van der Waals surface area contributed by atoms with Crippen LogP contribution < -0.4 is 5.32 Å². The van der Waals surface area contributed by atoms with Gasteiger partial charge in [0.15, 0.2) is 0 Å². The minimum Gasteiger partial charge on any atom is -0.390 e. The molecule has 2 aromatic rings. The standard InChI is InChI=1S/C18H22FN3O.3ClH/c19-16-5-3-14(4-6-16)12-22-9-7-17(18(23)13-22)21-11-15-2-1-8-20-10-15;;;/h1-6,8,10,17-18,21,23H,7,9,11-13H2;3*1H/t17-,18-;;;/m1.../s1. The molecule has 0 unspecified atom stereocenters. The van der Waals surface area contributed by atoms with E-state index in [0.717, 1.165) is 30.6 Å². The van der Waals surface area contributed by atoms with Crippen molar-refractivity contribution < 1.29 is 9.50 Å². The molecule has 4 nitrogen and oxygen atoms in total. The molecule has 8 heteroatoms. The van der Waals surface area contributed by atoms with Gasteiger partial charge in [-0.1, -0.05) is 18.2 Å². The summed E-state index contributed by atoms with van der Waals surface area (Å²) < 4.78 is 12.9. The molecule has 1 fully saturated rings. The van der Waals surface area contributed by atoms with Gasteiger partial charge in [-0.3, -0.25) is 9.88 Å². The Bertz CT molecular complexity index is 619. The molecule has 1 aromatic carbocycles. The van der Waals surface area contributed by atoms with E-state index in [4.69, 9.17) is 0 Å². The number of aromatic nitrogens is 1. The molecule has 26 heavy (non-hydrogen) atoms. The Balaban J connectivity index is 0.00000208. The summed E-state index contributed by atoms with van der Waals surface area (Å²) in [4.78, 5) is 6.30. The predicted octanol–water partition coefficient (Wildman–Crippen LogP) is 3.21. The first kappa shape index (κ1) is 25.1. The Labute approximate surface area is 172 Å². The highest BCUT2D eigenvalue weighted by Crippen LogP contribution is 2.15. The minimum atomic E-state index is -0.402. The normalized spacial score (nSPS) is 19.6. The van der Waals surface area contributed by atoms with Crippen LogP contribution in [-0.4, -0.2) is 40.2 Å². The lowest BCUT2D eigenvalue weighted by molar-refractivity contribution is 0.0365. The van der Waals surface area contributed by atoms with E-state index in [2.05, 4.69) is 15.2 Å². The van der Waals surface area contributed by atoms with Gasteiger partial charge < -0.3 is 10.4 Å². The van der Waals surface area contributed by atoms with Crippen LogP contribution in [0, 0.1) is 5.82 Å². The predicted molar refractivity (Wildman–Crippen MR) is 109 cm³/mol. The number of halogens is 4. The van der Waals surface area contributed by atoms with Gasteiger partial charge in [-0.2, -0.15) is 0 Å². The van der Waals surface area contributed by atoms with Gasteiger partial charge in [0.2, 0.25) is 0 Å². The fourth-order valence-electron chi connectivity index (χ4n) is 2.98. The van der Waals surface area contributed by atoms with Crippen LogP contribution >= 0.6 is 37.2 Å². The molecule has 1 aliphatic heterocycles. The molecule has 0 amide bonds. The lowest BCUT2D eigenvalue weighted by atomic mass is 10.0. The number of piperidine rings is 1.